The van der Waals surface area contributed by atoms with Gasteiger partial charge in [0.05, 0.1) is 11.6 Å². The average molecular weight is 380 g/mol. The van der Waals surface area contributed by atoms with E-state index in [0.717, 1.165) is 18.2 Å². The van der Waals surface area contributed by atoms with Gasteiger partial charge in [-0.15, -0.1) is 13.2 Å². The van der Waals surface area contributed by atoms with E-state index < -0.39 is 23.9 Å². The second-order valence-electron chi connectivity index (χ2n) is 5.95. The van der Waals surface area contributed by atoms with Gasteiger partial charge in [0.1, 0.15) is 30.2 Å². The summed E-state index contributed by atoms with van der Waals surface area (Å²) in [7, 11) is 0. The Morgan fingerprint density at radius 1 is 1.36 bits per heavy atom. The van der Waals surface area contributed by atoms with Crippen molar-refractivity contribution in [3.05, 3.63) is 41.4 Å². The fourth-order valence-electron chi connectivity index (χ4n) is 2.71. The summed E-state index contributed by atoms with van der Waals surface area (Å²) in [5, 5.41) is 14.6. The molecule has 10 heteroatoms. The van der Waals surface area contributed by atoms with Crippen LogP contribution in [0.5, 0.6) is 5.75 Å². The Balaban J connectivity index is 1.95. The Morgan fingerprint density at radius 3 is 2.60 bits per heavy atom. The summed E-state index contributed by atoms with van der Waals surface area (Å²) < 4.78 is 56.8. The van der Waals surface area contributed by atoms with E-state index in [9.17, 15) is 22.7 Å². The van der Waals surface area contributed by atoms with E-state index in [1.165, 1.54) is 17.3 Å². The molecule has 2 aromatic rings. The number of nitrogens with zero attached hydrogens (tertiary/aromatic N) is 3. The molecule has 1 heterocycles. The van der Waals surface area contributed by atoms with Gasteiger partial charge in [-0.1, -0.05) is 17.7 Å². The van der Waals surface area contributed by atoms with Crippen LogP contribution in [0, 0.1) is 5.92 Å². The summed E-state index contributed by atoms with van der Waals surface area (Å²) in [5.74, 6) is -0.887. The number of aromatic nitrogens is 3. The number of rotatable bonds is 6. The van der Waals surface area contributed by atoms with Crippen molar-refractivity contribution < 1.29 is 27.4 Å². The first-order valence-corrected chi connectivity index (χ1v) is 7.81. The Kier molecular flexibility index (Phi) is 4.63. The number of ether oxygens (including phenoxy) is 1. The van der Waals surface area contributed by atoms with Crippen molar-refractivity contribution in [3.63, 3.8) is 0 Å². The van der Waals surface area contributed by atoms with Crippen LogP contribution < -0.4 is 4.74 Å². The van der Waals surface area contributed by atoms with Crippen molar-refractivity contribution in [2.45, 2.75) is 37.5 Å². The summed E-state index contributed by atoms with van der Waals surface area (Å²) in [6.45, 7) is -0.274. The molecular formula is C15H14ClF4N3O2. The summed E-state index contributed by atoms with van der Waals surface area (Å²) >= 11 is 6.03. The molecule has 5 nitrogen and oxygen atoms in total. The molecule has 0 spiro atoms. The maximum atomic E-state index is 14.9. The smallest absolute Gasteiger partial charge is 0.406 e. The van der Waals surface area contributed by atoms with Gasteiger partial charge >= 0.3 is 6.36 Å². The molecule has 25 heavy (non-hydrogen) atoms. The monoisotopic (exact) mass is 379 g/mol. The normalized spacial score (nSPS) is 18.6. The van der Waals surface area contributed by atoms with Gasteiger partial charge in [-0.3, -0.25) is 0 Å². The molecule has 0 radical (unpaired) electrons. The van der Waals surface area contributed by atoms with E-state index in [2.05, 4.69) is 14.8 Å². The number of halogens is 5. The number of alkyl halides is 4. The van der Waals surface area contributed by atoms with Crippen LogP contribution in [0.15, 0.2) is 30.9 Å². The van der Waals surface area contributed by atoms with Gasteiger partial charge in [0.2, 0.25) is 0 Å². The topological polar surface area (TPSA) is 60.2 Å². The first-order valence-electron chi connectivity index (χ1n) is 7.44. The Bertz CT molecular complexity index is 737. The highest BCUT2D eigenvalue weighted by Crippen LogP contribution is 2.46. The molecule has 3 rings (SSSR count). The number of hydrogen-bond acceptors (Lipinski definition) is 4. The minimum Gasteiger partial charge on any atom is -0.406 e. The quantitative estimate of drug-likeness (QED) is 0.781. The number of aliphatic hydroxyl groups is 1. The lowest BCUT2D eigenvalue weighted by Gasteiger charge is -2.33. The van der Waals surface area contributed by atoms with Crippen molar-refractivity contribution in [2.75, 3.05) is 0 Å². The first-order chi connectivity index (χ1) is 11.7. The fraction of sp³-hybridized carbons (Fsp3) is 0.467. The molecule has 1 saturated carbocycles. The molecule has 1 fully saturated rings. The lowest BCUT2D eigenvalue weighted by Crippen LogP contribution is -2.42. The van der Waals surface area contributed by atoms with E-state index in [0.29, 0.717) is 12.8 Å². The molecule has 1 aromatic heterocycles. The lowest BCUT2D eigenvalue weighted by atomic mass is 9.86. The number of benzene rings is 1. The van der Waals surface area contributed by atoms with E-state index in [-0.39, 0.29) is 23.0 Å². The molecule has 1 N–H and O–H groups in total. The molecule has 0 aliphatic heterocycles. The van der Waals surface area contributed by atoms with Crippen LogP contribution in [0.2, 0.25) is 5.02 Å². The molecule has 1 aliphatic carbocycles. The largest absolute Gasteiger partial charge is 0.573 e. The first kappa shape index (κ1) is 17.9. The average Bonchev–Trinajstić information content (AvgIpc) is 3.23. The highest BCUT2D eigenvalue weighted by Gasteiger charge is 2.49. The molecule has 2 atom stereocenters. The Morgan fingerprint density at radius 2 is 2.08 bits per heavy atom. The maximum absolute atomic E-state index is 14.9. The van der Waals surface area contributed by atoms with Crippen molar-refractivity contribution in [1.29, 1.82) is 0 Å². The SMILES string of the molecule is OC(Cn1cncn1)(c1ccc(OC(F)(F)F)cc1Cl)C(F)C1CC1. The van der Waals surface area contributed by atoms with Gasteiger partial charge in [-0.05, 0) is 30.9 Å². The van der Waals surface area contributed by atoms with Gasteiger partial charge in [-0.25, -0.2) is 14.1 Å². The summed E-state index contributed by atoms with van der Waals surface area (Å²) in [6, 6.07) is 3.02. The summed E-state index contributed by atoms with van der Waals surface area (Å²) in [6.07, 6.45) is -2.75. The minimum atomic E-state index is -4.88. The van der Waals surface area contributed by atoms with E-state index in [4.69, 9.17) is 11.6 Å². The maximum Gasteiger partial charge on any atom is 0.573 e. The zero-order valence-corrected chi connectivity index (χ0v) is 13.5. The van der Waals surface area contributed by atoms with Crippen LogP contribution >= 0.6 is 11.6 Å². The molecule has 1 aliphatic rings. The van der Waals surface area contributed by atoms with Crippen LogP contribution in [0.25, 0.3) is 0 Å². The van der Waals surface area contributed by atoms with Crippen LogP contribution in [0.4, 0.5) is 17.6 Å². The van der Waals surface area contributed by atoms with E-state index >= 15 is 0 Å². The highest BCUT2D eigenvalue weighted by molar-refractivity contribution is 6.31. The standard InChI is InChI=1S/C15H14ClF4N3O2/c16-12-5-10(25-15(18,19)20)3-4-11(12)14(24,13(17)9-1-2-9)6-23-8-21-7-22-23/h3-5,7-9,13,24H,1-2,6H2. The summed E-state index contributed by atoms with van der Waals surface area (Å²) in [4.78, 5) is 3.74. The van der Waals surface area contributed by atoms with Crippen molar-refractivity contribution in [2.24, 2.45) is 5.92 Å². The zero-order valence-electron chi connectivity index (χ0n) is 12.7. The third-order valence-corrected chi connectivity index (χ3v) is 4.31. The highest BCUT2D eigenvalue weighted by atomic mass is 35.5. The van der Waals surface area contributed by atoms with Gasteiger partial charge in [0.15, 0.2) is 0 Å². The third kappa shape index (κ3) is 4.04. The molecule has 136 valence electrons. The van der Waals surface area contributed by atoms with Crippen LogP contribution in [0.3, 0.4) is 0 Å². The second-order valence-corrected chi connectivity index (χ2v) is 6.35. The second kappa shape index (κ2) is 6.45. The fourth-order valence-corrected chi connectivity index (χ4v) is 3.04. The van der Waals surface area contributed by atoms with Crippen molar-refractivity contribution in [3.8, 4) is 5.75 Å². The Hall–Kier alpha value is -1.87. The molecule has 0 amide bonds. The molecule has 0 saturated heterocycles. The van der Waals surface area contributed by atoms with Crippen molar-refractivity contribution in [1.82, 2.24) is 14.8 Å². The predicted octanol–water partition coefficient (Wildman–Crippen LogP) is 3.47. The molecule has 2 unspecified atom stereocenters. The van der Waals surface area contributed by atoms with Gasteiger partial charge in [0, 0.05) is 5.56 Å². The third-order valence-electron chi connectivity index (χ3n) is 4.00. The lowest BCUT2D eigenvalue weighted by molar-refractivity contribution is -0.274. The Labute approximate surface area is 145 Å². The number of hydrogen-bond donors (Lipinski definition) is 1. The van der Waals surface area contributed by atoms with Crippen LogP contribution in [0.1, 0.15) is 18.4 Å². The van der Waals surface area contributed by atoms with Crippen LogP contribution in [-0.2, 0) is 12.1 Å². The zero-order chi connectivity index (χ0) is 18.2. The van der Waals surface area contributed by atoms with Crippen LogP contribution in [-0.4, -0.2) is 32.4 Å². The van der Waals surface area contributed by atoms with Gasteiger partial charge in [0.25, 0.3) is 0 Å². The van der Waals surface area contributed by atoms with Gasteiger partial charge in [-0.2, -0.15) is 5.10 Å². The molecule has 0 bridgehead atoms. The predicted molar refractivity (Wildman–Crippen MR) is 79.7 cm³/mol. The molecule has 1 aromatic carbocycles. The molecular weight excluding hydrogens is 366 g/mol. The van der Waals surface area contributed by atoms with Crippen molar-refractivity contribution >= 4 is 11.6 Å². The minimum absolute atomic E-state index is 0.0291. The summed E-state index contributed by atoms with van der Waals surface area (Å²) in [5.41, 5.74) is -2.08. The van der Waals surface area contributed by atoms with Gasteiger partial charge < -0.3 is 9.84 Å². The van der Waals surface area contributed by atoms with E-state index in [1.54, 1.807) is 0 Å². The van der Waals surface area contributed by atoms with E-state index in [1.807, 2.05) is 0 Å².